The SMILES string of the molecule is COc1cc2nccc(Oc3ccc(NC(=O)Cn4cc5ccccc5c4O)cc3F)c2cc1OC. The van der Waals surface area contributed by atoms with Gasteiger partial charge in [0.2, 0.25) is 5.91 Å². The van der Waals surface area contributed by atoms with Crippen molar-refractivity contribution >= 4 is 33.3 Å². The van der Waals surface area contributed by atoms with Crippen LogP contribution in [0.15, 0.2) is 73.1 Å². The Balaban J connectivity index is 1.34. The Morgan fingerprint density at radius 3 is 2.50 bits per heavy atom. The van der Waals surface area contributed by atoms with Gasteiger partial charge < -0.3 is 29.2 Å². The van der Waals surface area contributed by atoms with Crippen molar-refractivity contribution in [2.75, 3.05) is 19.5 Å². The number of carbonyl (C=O) groups is 1. The average molecular weight is 487 g/mol. The third kappa shape index (κ3) is 4.34. The molecular formula is C27H22FN3O5. The van der Waals surface area contributed by atoms with Gasteiger partial charge in [-0.15, -0.1) is 0 Å². The van der Waals surface area contributed by atoms with Gasteiger partial charge >= 0.3 is 0 Å². The Kier molecular flexibility index (Phi) is 6.03. The number of hydrogen-bond donors (Lipinski definition) is 2. The number of hydrogen-bond acceptors (Lipinski definition) is 6. The topological polar surface area (TPSA) is 94.8 Å². The maximum absolute atomic E-state index is 14.9. The van der Waals surface area contributed by atoms with Crippen LogP contribution in [0.25, 0.3) is 21.7 Å². The van der Waals surface area contributed by atoms with E-state index in [1.54, 1.807) is 42.7 Å². The molecule has 9 heteroatoms. The lowest BCUT2D eigenvalue weighted by Crippen LogP contribution is -2.18. The zero-order valence-electron chi connectivity index (χ0n) is 19.5. The molecule has 0 atom stereocenters. The number of methoxy groups -OCH3 is 2. The summed E-state index contributed by atoms with van der Waals surface area (Å²) < 4.78 is 32.8. The van der Waals surface area contributed by atoms with E-state index in [9.17, 15) is 14.3 Å². The number of aromatic nitrogens is 2. The van der Waals surface area contributed by atoms with Gasteiger partial charge in [-0.2, -0.15) is 0 Å². The van der Waals surface area contributed by atoms with Gasteiger partial charge in [0, 0.05) is 46.4 Å². The number of anilines is 1. The Bertz CT molecular complexity index is 1600. The number of aromatic hydroxyl groups is 1. The summed E-state index contributed by atoms with van der Waals surface area (Å²) in [6.07, 6.45) is 3.24. The molecule has 5 aromatic rings. The standard InChI is InChI=1S/C27H22FN3O5/c1-34-24-12-19-21(13-25(24)35-2)29-10-9-22(19)36-23-8-7-17(11-20(23)28)30-26(32)15-31-14-16-5-3-4-6-18(16)27(31)33/h3-14,33H,15H2,1-2H3,(H,30,32). The van der Waals surface area contributed by atoms with Crippen molar-refractivity contribution in [3.63, 3.8) is 0 Å². The average Bonchev–Trinajstić information content (AvgIpc) is 3.19. The molecule has 0 bridgehead atoms. The van der Waals surface area contributed by atoms with Crippen LogP contribution < -0.4 is 19.5 Å². The van der Waals surface area contributed by atoms with Gasteiger partial charge in [-0.25, -0.2) is 4.39 Å². The molecule has 182 valence electrons. The molecule has 5 rings (SSSR count). The molecule has 0 aliphatic rings. The van der Waals surface area contributed by atoms with Crippen LogP contribution in [0.5, 0.6) is 28.9 Å². The van der Waals surface area contributed by atoms with Crippen molar-refractivity contribution in [3.8, 4) is 28.9 Å². The zero-order chi connectivity index (χ0) is 25.2. The van der Waals surface area contributed by atoms with Crippen LogP contribution in [0.3, 0.4) is 0 Å². The lowest BCUT2D eigenvalue weighted by molar-refractivity contribution is -0.116. The van der Waals surface area contributed by atoms with E-state index in [0.717, 1.165) is 5.39 Å². The smallest absolute Gasteiger partial charge is 0.244 e. The Morgan fingerprint density at radius 2 is 1.75 bits per heavy atom. The number of nitrogens with zero attached hydrogens (tertiary/aromatic N) is 2. The molecule has 1 amide bonds. The molecular weight excluding hydrogens is 465 g/mol. The summed E-state index contributed by atoms with van der Waals surface area (Å²) in [7, 11) is 3.05. The second-order valence-corrected chi connectivity index (χ2v) is 8.00. The first-order chi connectivity index (χ1) is 17.5. The molecule has 0 unspecified atom stereocenters. The van der Waals surface area contributed by atoms with E-state index in [1.807, 2.05) is 12.1 Å². The van der Waals surface area contributed by atoms with Crippen molar-refractivity contribution in [2.45, 2.75) is 6.54 Å². The van der Waals surface area contributed by atoms with Gasteiger partial charge in [0.05, 0.1) is 19.7 Å². The Hall–Kier alpha value is -4.79. The van der Waals surface area contributed by atoms with Crippen LogP contribution in [0.2, 0.25) is 0 Å². The van der Waals surface area contributed by atoms with Crippen LogP contribution in [0.4, 0.5) is 10.1 Å². The highest BCUT2D eigenvalue weighted by molar-refractivity contribution is 5.93. The third-order valence-corrected chi connectivity index (χ3v) is 5.73. The van der Waals surface area contributed by atoms with Crippen molar-refractivity contribution in [3.05, 3.63) is 78.9 Å². The van der Waals surface area contributed by atoms with Gasteiger partial charge in [0.25, 0.3) is 0 Å². The van der Waals surface area contributed by atoms with Crippen molar-refractivity contribution in [1.82, 2.24) is 9.55 Å². The third-order valence-electron chi connectivity index (χ3n) is 5.73. The van der Waals surface area contributed by atoms with Gasteiger partial charge in [0.1, 0.15) is 12.3 Å². The van der Waals surface area contributed by atoms with Gasteiger partial charge in [0.15, 0.2) is 28.9 Å². The molecule has 0 radical (unpaired) electrons. The number of fused-ring (bicyclic) bond motifs is 2. The normalized spacial score (nSPS) is 11.0. The fourth-order valence-electron chi connectivity index (χ4n) is 3.99. The predicted molar refractivity (Wildman–Crippen MR) is 134 cm³/mol. The summed E-state index contributed by atoms with van der Waals surface area (Å²) in [5.74, 6) is 0.281. The van der Waals surface area contributed by atoms with Crippen LogP contribution >= 0.6 is 0 Å². The summed E-state index contributed by atoms with van der Waals surface area (Å²) in [4.78, 5) is 16.8. The summed E-state index contributed by atoms with van der Waals surface area (Å²) in [6.45, 7) is -0.130. The fraction of sp³-hybridized carbons (Fsp3) is 0.111. The molecule has 2 heterocycles. The molecule has 3 aromatic carbocycles. The van der Waals surface area contributed by atoms with Crippen molar-refractivity contribution in [2.24, 2.45) is 0 Å². The predicted octanol–water partition coefficient (Wildman–Crippen LogP) is 5.48. The highest BCUT2D eigenvalue weighted by Gasteiger charge is 2.15. The van der Waals surface area contributed by atoms with E-state index >= 15 is 0 Å². The fourth-order valence-corrected chi connectivity index (χ4v) is 3.99. The molecule has 8 nitrogen and oxygen atoms in total. The first-order valence-corrected chi connectivity index (χ1v) is 11.0. The maximum Gasteiger partial charge on any atom is 0.244 e. The Labute approximate surface area is 205 Å². The first kappa shape index (κ1) is 23.0. The summed E-state index contributed by atoms with van der Waals surface area (Å²) in [6, 6.07) is 16.5. The minimum absolute atomic E-state index is 0.00509. The molecule has 2 aromatic heterocycles. The van der Waals surface area contributed by atoms with E-state index in [1.165, 1.54) is 37.0 Å². The molecule has 0 spiro atoms. The van der Waals surface area contributed by atoms with E-state index in [4.69, 9.17) is 14.2 Å². The van der Waals surface area contributed by atoms with Gasteiger partial charge in [-0.05, 0) is 30.3 Å². The van der Waals surface area contributed by atoms with Crippen LogP contribution in [0.1, 0.15) is 0 Å². The molecule has 0 fully saturated rings. The van der Waals surface area contributed by atoms with E-state index in [-0.39, 0.29) is 23.9 Å². The van der Waals surface area contributed by atoms with Crippen LogP contribution in [-0.4, -0.2) is 34.8 Å². The highest BCUT2D eigenvalue weighted by atomic mass is 19.1. The molecule has 0 saturated heterocycles. The number of amides is 1. The van der Waals surface area contributed by atoms with E-state index in [2.05, 4.69) is 10.3 Å². The number of pyridine rings is 1. The zero-order valence-corrected chi connectivity index (χ0v) is 19.5. The van der Waals surface area contributed by atoms with Crippen LogP contribution in [-0.2, 0) is 11.3 Å². The Morgan fingerprint density at radius 1 is 0.972 bits per heavy atom. The monoisotopic (exact) mass is 487 g/mol. The van der Waals surface area contributed by atoms with E-state index in [0.29, 0.717) is 33.5 Å². The highest BCUT2D eigenvalue weighted by Crippen LogP contribution is 2.37. The quantitative estimate of drug-likeness (QED) is 0.316. The molecule has 0 aliphatic carbocycles. The largest absolute Gasteiger partial charge is 0.494 e. The van der Waals surface area contributed by atoms with Crippen molar-refractivity contribution in [1.29, 1.82) is 0 Å². The van der Waals surface area contributed by atoms with Crippen molar-refractivity contribution < 1.29 is 28.5 Å². The van der Waals surface area contributed by atoms with E-state index < -0.39 is 11.7 Å². The van der Waals surface area contributed by atoms with Crippen LogP contribution in [0, 0.1) is 5.82 Å². The number of nitrogens with one attached hydrogen (secondary N) is 1. The number of ether oxygens (including phenoxy) is 3. The minimum atomic E-state index is -0.659. The lowest BCUT2D eigenvalue weighted by Gasteiger charge is -2.13. The first-order valence-electron chi connectivity index (χ1n) is 11.0. The molecule has 36 heavy (non-hydrogen) atoms. The molecule has 2 N–H and O–H groups in total. The van der Waals surface area contributed by atoms with Gasteiger partial charge in [-0.3, -0.25) is 9.78 Å². The lowest BCUT2D eigenvalue weighted by atomic mass is 10.2. The summed E-state index contributed by atoms with van der Waals surface area (Å²) >= 11 is 0. The number of benzene rings is 3. The molecule has 0 aliphatic heterocycles. The maximum atomic E-state index is 14.9. The summed E-state index contributed by atoms with van der Waals surface area (Å²) in [5, 5.41) is 15.1. The second kappa shape index (κ2) is 9.46. The number of rotatable bonds is 7. The minimum Gasteiger partial charge on any atom is -0.494 e. The second-order valence-electron chi connectivity index (χ2n) is 8.00. The number of carbonyl (C=O) groups excluding carboxylic acids is 1. The van der Waals surface area contributed by atoms with Gasteiger partial charge in [-0.1, -0.05) is 18.2 Å². The summed E-state index contributed by atoms with van der Waals surface area (Å²) in [5.41, 5.74) is 0.849. The number of halogens is 1. The molecule has 0 saturated carbocycles.